The molecule has 2 rings (SSSR count). The minimum absolute atomic E-state index is 0.252. The first-order valence-corrected chi connectivity index (χ1v) is 6.69. The van der Waals surface area contributed by atoms with Crippen molar-refractivity contribution in [2.75, 3.05) is 20.0 Å². The van der Waals surface area contributed by atoms with Gasteiger partial charge in [0.2, 0.25) is 0 Å². The van der Waals surface area contributed by atoms with Crippen molar-refractivity contribution < 1.29 is 14.2 Å². The lowest BCUT2D eigenvalue weighted by Crippen LogP contribution is -2.03. The number of halogens is 1. The van der Waals surface area contributed by atoms with E-state index in [1.165, 1.54) is 0 Å². The maximum absolute atomic E-state index is 5.80. The number of ether oxygens (including phenoxy) is 3. The normalized spacial score (nSPS) is 10.2. The highest BCUT2D eigenvalue weighted by Gasteiger charge is 2.12. The summed E-state index contributed by atoms with van der Waals surface area (Å²) in [7, 11) is 3.15. The third kappa shape index (κ3) is 2.96. The Balaban J connectivity index is 2.21. The maximum atomic E-state index is 5.80. The first-order chi connectivity index (χ1) is 9.67. The van der Waals surface area contributed by atoms with Crippen LogP contribution in [-0.4, -0.2) is 19.2 Å². The second kappa shape index (κ2) is 6.47. The molecule has 20 heavy (non-hydrogen) atoms. The largest absolute Gasteiger partial charge is 0.493 e. The lowest BCUT2D eigenvalue weighted by molar-refractivity contribution is 0.283. The summed E-state index contributed by atoms with van der Waals surface area (Å²) in [5.41, 5.74) is 7.08. The quantitative estimate of drug-likeness (QED) is 0.848. The van der Waals surface area contributed by atoms with E-state index in [4.69, 9.17) is 19.9 Å². The van der Waals surface area contributed by atoms with E-state index in [2.05, 4.69) is 20.9 Å². The Hall–Kier alpha value is -1.95. The summed E-state index contributed by atoms with van der Waals surface area (Å²) in [6.45, 7) is 0.252. The monoisotopic (exact) mass is 338 g/mol. The average molecular weight is 339 g/mol. The molecule has 0 aliphatic carbocycles. The topological polar surface area (TPSA) is 66.6 Å². The number of nitrogens with zero attached hydrogens (tertiary/aromatic N) is 1. The summed E-state index contributed by atoms with van der Waals surface area (Å²) in [5, 5.41) is 0. The van der Waals surface area contributed by atoms with Crippen LogP contribution < -0.4 is 19.9 Å². The fraction of sp³-hybridized carbons (Fsp3) is 0.214. The molecule has 0 atom stereocenters. The van der Waals surface area contributed by atoms with E-state index < -0.39 is 0 Å². The van der Waals surface area contributed by atoms with Crippen LogP contribution in [0.1, 0.15) is 5.69 Å². The number of anilines is 1. The molecule has 2 aromatic rings. The molecule has 1 aromatic heterocycles. The third-order valence-electron chi connectivity index (χ3n) is 2.72. The standard InChI is InChI=1S/C14H15BrN2O3/c1-18-12-6-7-17-10(14(12)19-2)8-20-11-5-3-4-9(16)13(11)15/h3-7H,8,16H2,1-2H3. The number of methoxy groups -OCH3 is 2. The lowest BCUT2D eigenvalue weighted by atomic mass is 10.3. The third-order valence-corrected chi connectivity index (χ3v) is 3.57. The van der Waals surface area contributed by atoms with Gasteiger partial charge in [0, 0.05) is 18.0 Å². The van der Waals surface area contributed by atoms with Crippen LogP contribution in [0.2, 0.25) is 0 Å². The second-order valence-corrected chi connectivity index (χ2v) is 4.73. The van der Waals surface area contributed by atoms with Gasteiger partial charge >= 0.3 is 0 Å². The molecule has 0 radical (unpaired) electrons. The van der Waals surface area contributed by atoms with Gasteiger partial charge < -0.3 is 19.9 Å². The summed E-state index contributed by atoms with van der Waals surface area (Å²) in [5.74, 6) is 1.83. The molecule has 0 aliphatic heterocycles. The molecule has 0 spiro atoms. The molecule has 1 heterocycles. The van der Waals surface area contributed by atoms with Crippen molar-refractivity contribution in [1.82, 2.24) is 4.98 Å². The zero-order valence-corrected chi connectivity index (χ0v) is 12.8. The van der Waals surface area contributed by atoms with E-state index in [0.29, 0.717) is 28.6 Å². The molecule has 2 N–H and O–H groups in total. The number of nitrogen functional groups attached to an aromatic ring is 1. The van der Waals surface area contributed by atoms with E-state index >= 15 is 0 Å². The Morgan fingerprint density at radius 1 is 1.15 bits per heavy atom. The first-order valence-electron chi connectivity index (χ1n) is 5.90. The number of rotatable bonds is 5. The van der Waals surface area contributed by atoms with E-state index in [-0.39, 0.29) is 6.61 Å². The second-order valence-electron chi connectivity index (χ2n) is 3.94. The van der Waals surface area contributed by atoms with Gasteiger partial charge in [-0.15, -0.1) is 0 Å². The van der Waals surface area contributed by atoms with Crippen LogP contribution in [0.15, 0.2) is 34.9 Å². The predicted molar refractivity (Wildman–Crippen MR) is 80.2 cm³/mol. The molecule has 0 unspecified atom stereocenters. The molecule has 0 amide bonds. The highest BCUT2D eigenvalue weighted by atomic mass is 79.9. The first kappa shape index (κ1) is 14.5. The molecule has 0 fully saturated rings. The van der Waals surface area contributed by atoms with Gasteiger partial charge in [-0.1, -0.05) is 6.07 Å². The zero-order chi connectivity index (χ0) is 14.5. The van der Waals surface area contributed by atoms with Crippen LogP contribution in [0.3, 0.4) is 0 Å². The van der Waals surface area contributed by atoms with Crippen molar-refractivity contribution in [2.24, 2.45) is 0 Å². The lowest BCUT2D eigenvalue weighted by Gasteiger charge is -2.13. The van der Waals surface area contributed by atoms with Gasteiger partial charge in [-0.3, -0.25) is 4.98 Å². The summed E-state index contributed by atoms with van der Waals surface area (Å²) in [6.07, 6.45) is 1.65. The number of aromatic nitrogens is 1. The van der Waals surface area contributed by atoms with Gasteiger partial charge in [-0.25, -0.2) is 0 Å². The number of benzene rings is 1. The van der Waals surface area contributed by atoms with Crippen molar-refractivity contribution in [1.29, 1.82) is 0 Å². The Morgan fingerprint density at radius 3 is 2.65 bits per heavy atom. The smallest absolute Gasteiger partial charge is 0.185 e. The molecule has 106 valence electrons. The van der Waals surface area contributed by atoms with Crippen LogP contribution in [-0.2, 0) is 6.61 Å². The Kier molecular flexibility index (Phi) is 4.68. The fourth-order valence-corrected chi connectivity index (χ4v) is 2.12. The van der Waals surface area contributed by atoms with Crippen molar-refractivity contribution in [3.05, 3.63) is 40.6 Å². The van der Waals surface area contributed by atoms with E-state index in [0.717, 1.165) is 4.47 Å². The Bertz CT molecular complexity index is 605. The maximum Gasteiger partial charge on any atom is 0.185 e. The van der Waals surface area contributed by atoms with Gasteiger partial charge in [0.1, 0.15) is 18.1 Å². The molecule has 0 saturated carbocycles. The van der Waals surface area contributed by atoms with Gasteiger partial charge in [0.15, 0.2) is 11.5 Å². The Morgan fingerprint density at radius 2 is 1.95 bits per heavy atom. The van der Waals surface area contributed by atoms with E-state index in [1.54, 1.807) is 32.5 Å². The summed E-state index contributed by atoms with van der Waals surface area (Å²) >= 11 is 3.39. The summed E-state index contributed by atoms with van der Waals surface area (Å²) < 4.78 is 17.0. The summed E-state index contributed by atoms with van der Waals surface area (Å²) in [6, 6.07) is 7.18. The zero-order valence-electron chi connectivity index (χ0n) is 11.2. The molecule has 6 heteroatoms. The number of hydrogen-bond donors (Lipinski definition) is 1. The number of nitrogens with two attached hydrogens (primary N) is 1. The predicted octanol–water partition coefficient (Wildman–Crippen LogP) is 3.02. The van der Waals surface area contributed by atoms with Gasteiger partial charge in [0.05, 0.1) is 18.7 Å². The number of pyridine rings is 1. The van der Waals surface area contributed by atoms with Gasteiger partial charge in [0.25, 0.3) is 0 Å². The fourth-order valence-electron chi connectivity index (χ4n) is 1.74. The minimum Gasteiger partial charge on any atom is -0.493 e. The summed E-state index contributed by atoms with van der Waals surface area (Å²) in [4.78, 5) is 4.25. The minimum atomic E-state index is 0.252. The Labute approximate surface area is 125 Å². The molecular formula is C14H15BrN2O3. The molecule has 1 aromatic carbocycles. The molecule has 0 bridgehead atoms. The number of hydrogen-bond acceptors (Lipinski definition) is 5. The van der Waals surface area contributed by atoms with Crippen LogP contribution in [0.25, 0.3) is 0 Å². The van der Waals surface area contributed by atoms with Crippen LogP contribution in [0.5, 0.6) is 17.2 Å². The highest BCUT2D eigenvalue weighted by molar-refractivity contribution is 9.10. The van der Waals surface area contributed by atoms with Crippen molar-refractivity contribution in [3.8, 4) is 17.2 Å². The molecule has 0 saturated heterocycles. The van der Waals surface area contributed by atoms with Crippen LogP contribution in [0, 0.1) is 0 Å². The van der Waals surface area contributed by atoms with Gasteiger partial charge in [-0.05, 0) is 28.1 Å². The average Bonchev–Trinajstić information content (AvgIpc) is 2.48. The SMILES string of the molecule is COc1ccnc(COc2cccc(N)c2Br)c1OC. The van der Waals surface area contributed by atoms with Crippen molar-refractivity contribution >= 4 is 21.6 Å². The van der Waals surface area contributed by atoms with Crippen molar-refractivity contribution in [3.63, 3.8) is 0 Å². The van der Waals surface area contributed by atoms with E-state index in [9.17, 15) is 0 Å². The van der Waals surface area contributed by atoms with E-state index in [1.807, 2.05) is 12.1 Å². The van der Waals surface area contributed by atoms with Crippen molar-refractivity contribution in [2.45, 2.75) is 6.61 Å². The van der Waals surface area contributed by atoms with Crippen LogP contribution in [0.4, 0.5) is 5.69 Å². The highest BCUT2D eigenvalue weighted by Crippen LogP contribution is 2.33. The van der Waals surface area contributed by atoms with Crippen LogP contribution >= 0.6 is 15.9 Å². The molecule has 5 nitrogen and oxygen atoms in total. The molecular weight excluding hydrogens is 324 g/mol. The van der Waals surface area contributed by atoms with Gasteiger partial charge in [-0.2, -0.15) is 0 Å². The molecule has 0 aliphatic rings.